The van der Waals surface area contributed by atoms with Crippen molar-refractivity contribution in [2.45, 2.75) is 5.92 Å². The third kappa shape index (κ3) is 2.26. The first-order chi connectivity index (χ1) is 6.92. The molecule has 0 aromatic heterocycles. The van der Waals surface area contributed by atoms with Crippen LogP contribution in [0.3, 0.4) is 0 Å². The van der Waals surface area contributed by atoms with Crippen LogP contribution >= 0.6 is 15.9 Å². The predicted molar refractivity (Wildman–Crippen MR) is 52.3 cm³/mol. The number of methoxy groups -OCH3 is 1. The van der Waals surface area contributed by atoms with Crippen LogP contribution in [0.25, 0.3) is 0 Å². The molecule has 82 valence electrons. The second kappa shape index (κ2) is 4.14. The molecule has 1 rings (SSSR count). The minimum absolute atomic E-state index is 0.0575. The van der Waals surface area contributed by atoms with Crippen LogP contribution in [0.2, 0.25) is 0 Å². The van der Waals surface area contributed by atoms with Crippen LogP contribution < -0.4 is 4.74 Å². The molecule has 0 bridgehead atoms. The van der Waals surface area contributed by atoms with Crippen molar-refractivity contribution in [3.63, 3.8) is 0 Å². The van der Waals surface area contributed by atoms with E-state index < -0.39 is 17.8 Å². The van der Waals surface area contributed by atoms with Crippen LogP contribution in [0, 0.1) is 0 Å². The molecule has 0 atom stereocenters. The Bertz CT molecular complexity index is 393. The quantitative estimate of drug-likeness (QED) is 0.866. The number of phenols is 1. The molecule has 3 nitrogen and oxygen atoms in total. The normalized spacial score (nSPS) is 11.2. The van der Waals surface area contributed by atoms with Crippen LogP contribution in [0.4, 0.5) is 8.78 Å². The third-order valence-corrected chi connectivity index (χ3v) is 2.43. The average molecular weight is 281 g/mol. The van der Waals surface area contributed by atoms with E-state index in [1.807, 2.05) is 0 Å². The summed E-state index contributed by atoms with van der Waals surface area (Å²) in [7, 11) is 1.23. The van der Waals surface area contributed by atoms with Crippen LogP contribution in [-0.4, -0.2) is 18.5 Å². The first kappa shape index (κ1) is 11.9. The molecule has 0 aliphatic rings. The van der Waals surface area contributed by atoms with Crippen molar-refractivity contribution >= 4 is 22.2 Å². The molecule has 1 aromatic rings. The fourth-order valence-electron chi connectivity index (χ4n) is 1.03. The first-order valence-electron chi connectivity index (χ1n) is 3.83. The van der Waals surface area contributed by atoms with E-state index in [9.17, 15) is 18.7 Å². The Kier molecular flexibility index (Phi) is 3.28. The zero-order valence-electron chi connectivity index (χ0n) is 7.63. The van der Waals surface area contributed by atoms with Crippen LogP contribution in [-0.2, 0) is 10.7 Å². The monoisotopic (exact) mass is 280 g/mol. The highest BCUT2D eigenvalue weighted by atomic mass is 79.9. The molecule has 0 spiro atoms. The van der Waals surface area contributed by atoms with Crippen molar-refractivity contribution in [3.8, 4) is 11.5 Å². The molecule has 0 aliphatic carbocycles. The van der Waals surface area contributed by atoms with Gasteiger partial charge in [-0.1, -0.05) is 15.9 Å². The molecule has 0 heterocycles. The van der Waals surface area contributed by atoms with E-state index in [1.54, 1.807) is 0 Å². The number of hydrogen-bond donors (Lipinski definition) is 1. The van der Waals surface area contributed by atoms with Crippen molar-refractivity contribution in [1.29, 1.82) is 0 Å². The van der Waals surface area contributed by atoms with Gasteiger partial charge in [0, 0.05) is 10.0 Å². The Labute approximate surface area is 92.8 Å². The summed E-state index contributed by atoms with van der Waals surface area (Å²) in [6.45, 7) is 0. The van der Waals surface area contributed by atoms with Gasteiger partial charge in [-0.2, -0.15) is 8.78 Å². The van der Waals surface area contributed by atoms with E-state index in [0.717, 1.165) is 12.1 Å². The lowest BCUT2D eigenvalue weighted by Crippen LogP contribution is -2.15. The second-order valence-corrected chi connectivity index (χ2v) is 3.60. The summed E-state index contributed by atoms with van der Waals surface area (Å²) >= 11 is 2.83. The van der Waals surface area contributed by atoms with Gasteiger partial charge in [0.25, 0.3) is 0 Å². The lowest BCUT2D eigenvalue weighted by Gasteiger charge is -2.13. The first-order valence-corrected chi connectivity index (χ1v) is 4.63. The number of ether oxygens (including phenoxy) is 1. The fourth-order valence-corrected chi connectivity index (χ4v) is 1.62. The minimum Gasteiger partial charge on any atom is -0.504 e. The zero-order valence-corrected chi connectivity index (χ0v) is 9.22. The summed E-state index contributed by atoms with van der Waals surface area (Å²) in [6, 6.07) is 1.96. The van der Waals surface area contributed by atoms with E-state index in [-0.39, 0.29) is 16.0 Å². The van der Waals surface area contributed by atoms with Gasteiger partial charge in [0.1, 0.15) is 0 Å². The van der Waals surface area contributed by atoms with E-state index in [2.05, 4.69) is 20.7 Å². The molecule has 1 aromatic carbocycles. The number of carbonyl (C=O) groups excluding carboxylic acids is 1. The Morgan fingerprint density at radius 2 is 2.13 bits per heavy atom. The highest BCUT2D eigenvalue weighted by Gasteiger charge is 2.34. The van der Waals surface area contributed by atoms with Gasteiger partial charge in [0.15, 0.2) is 17.8 Å². The largest absolute Gasteiger partial charge is 0.504 e. The summed E-state index contributed by atoms with van der Waals surface area (Å²) in [5.74, 6) is -4.01. The molecule has 1 N–H and O–H groups in total. The molecule has 0 unspecified atom stereocenters. The lowest BCUT2D eigenvalue weighted by molar-refractivity contribution is -0.130. The maximum atomic E-state index is 13.1. The highest BCUT2D eigenvalue weighted by Crippen LogP contribution is 2.39. The molecule has 15 heavy (non-hydrogen) atoms. The molecule has 0 aliphatic heterocycles. The Hall–Kier alpha value is -1.17. The maximum Gasteiger partial charge on any atom is 0.328 e. The van der Waals surface area contributed by atoms with Crippen molar-refractivity contribution in [1.82, 2.24) is 0 Å². The van der Waals surface area contributed by atoms with Gasteiger partial charge in [-0.3, -0.25) is 4.79 Å². The summed E-state index contributed by atoms with van der Waals surface area (Å²) in [4.78, 5) is 10.2. The number of alkyl halides is 2. The Morgan fingerprint density at radius 1 is 1.53 bits per heavy atom. The van der Waals surface area contributed by atoms with Crippen LogP contribution in [0.15, 0.2) is 16.6 Å². The van der Waals surface area contributed by atoms with E-state index >= 15 is 0 Å². The molecule has 0 radical (unpaired) electrons. The van der Waals surface area contributed by atoms with Crippen molar-refractivity contribution in [2.75, 3.05) is 7.11 Å². The minimum atomic E-state index is -3.61. The number of rotatable bonds is 3. The van der Waals surface area contributed by atoms with Gasteiger partial charge < -0.3 is 9.84 Å². The van der Waals surface area contributed by atoms with Gasteiger partial charge in [-0.15, -0.1) is 0 Å². The van der Waals surface area contributed by atoms with Crippen molar-refractivity contribution in [3.05, 3.63) is 22.2 Å². The number of halogens is 3. The van der Waals surface area contributed by atoms with Crippen molar-refractivity contribution < 1.29 is 23.4 Å². The standard InChI is InChI=1S/C9H7BrF2O3/c1-15-8-2-5(9(11,12)4-13)6(10)3-7(8)14/h2-4,14H,1H3. The molecule has 6 heteroatoms. The lowest BCUT2D eigenvalue weighted by atomic mass is 10.1. The van der Waals surface area contributed by atoms with Crippen LogP contribution in [0.5, 0.6) is 11.5 Å². The Morgan fingerprint density at radius 3 is 2.60 bits per heavy atom. The third-order valence-electron chi connectivity index (χ3n) is 1.78. The Balaban J connectivity index is 3.36. The number of carbonyl (C=O) groups is 1. The smallest absolute Gasteiger partial charge is 0.328 e. The topological polar surface area (TPSA) is 46.5 Å². The van der Waals surface area contributed by atoms with E-state index in [4.69, 9.17) is 0 Å². The van der Waals surface area contributed by atoms with Gasteiger partial charge in [-0.05, 0) is 12.1 Å². The average Bonchev–Trinajstić information content (AvgIpc) is 2.17. The van der Waals surface area contributed by atoms with E-state index in [1.165, 1.54) is 7.11 Å². The summed E-state index contributed by atoms with van der Waals surface area (Å²) < 4.78 is 30.7. The SMILES string of the molecule is COc1cc(C(F)(F)C=O)c(Br)cc1O. The van der Waals surface area contributed by atoms with Gasteiger partial charge in [-0.25, -0.2) is 0 Å². The molecule has 0 fully saturated rings. The second-order valence-electron chi connectivity index (χ2n) is 2.74. The summed E-state index contributed by atoms with van der Waals surface area (Å²) in [5.41, 5.74) is -0.549. The fraction of sp³-hybridized carbons (Fsp3) is 0.222. The maximum absolute atomic E-state index is 13.1. The number of benzene rings is 1. The molecule has 0 amide bonds. The molecular formula is C9H7BrF2O3. The number of aldehydes is 1. The summed E-state index contributed by atoms with van der Waals surface area (Å²) in [6.07, 6.45) is -0.469. The highest BCUT2D eigenvalue weighted by molar-refractivity contribution is 9.10. The molecule has 0 saturated heterocycles. The van der Waals surface area contributed by atoms with Crippen molar-refractivity contribution in [2.24, 2.45) is 0 Å². The summed E-state index contributed by atoms with van der Waals surface area (Å²) in [5, 5.41) is 9.27. The molecule has 0 saturated carbocycles. The number of hydrogen-bond acceptors (Lipinski definition) is 3. The van der Waals surface area contributed by atoms with E-state index in [0.29, 0.717) is 0 Å². The number of aromatic hydroxyl groups is 1. The zero-order chi connectivity index (χ0) is 11.6. The van der Waals surface area contributed by atoms with Gasteiger partial charge in [0.2, 0.25) is 0 Å². The van der Waals surface area contributed by atoms with Crippen LogP contribution in [0.1, 0.15) is 5.56 Å². The number of phenolic OH excluding ortho intramolecular Hbond substituents is 1. The van der Waals surface area contributed by atoms with Gasteiger partial charge >= 0.3 is 5.92 Å². The predicted octanol–water partition coefficient (Wildman–Crippen LogP) is 2.45. The molecular weight excluding hydrogens is 274 g/mol. The van der Waals surface area contributed by atoms with Gasteiger partial charge in [0.05, 0.1) is 7.11 Å².